The zero-order chi connectivity index (χ0) is 14.2. The lowest BCUT2D eigenvalue weighted by atomic mass is 9.84. The summed E-state index contributed by atoms with van der Waals surface area (Å²) >= 11 is 0. The maximum Gasteiger partial charge on any atom is 0.335 e. The van der Waals surface area contributed by atoms with Gasteiger partial charge in [0.05, 0.1) is 11.3 Å². The minimum Gasteiger partial charge on any atom is -0.478 e. The Balaban J connectivity index is 1.69. The average Bonchev–Trinajstić information content (AvgIpc) is 3.20. The zero-order valence-corrected chi connectivity index (χ0v) is 11.1. The van der Waals surface area contributed by atoms with Crippen molar-refractivity contribution >= 4 is 23.2 Å². The largest absolute Gasteiger partial charge is 0.478 e. The van der Waals surface area contributed by atoms with Crippen LogP contribution < -0.4 is 5.43 Å². The highest BCUT2D eigenvalue weighted by Crippen LogP contribution is 2.54. The van der Waals surface area contributed by atoms with E-state index in [1.54, 1.807) is 12.1 Å². The van der Waals surface area contributed by atoms with Crippen LogP contribution in [-0.4, -0.2) is 22.6 Å². The van der Waals surface area contributed by atoms with Gasteiger partial charge in [-0.2, -0.15) is 5.10 Å². The van der Waals surface area contributed by atoms with Gasteiger partial charge in [0.15, 0.2) is 5.78 Å². The van der Waals surface area contributed by atoms with Gasteiger partial charge in [-0.3, -0.25) is 10.2 Å². The zero-order valence-electron chi connectivity index (χ0n) is 11.1. The number of hydrazone groups is 1. The first-order chi connectivity index (χ1) is 9.58. The molecule has 1 spiro atoms. The number of aromatic carboxylic acids is 1. The summed E-state index contributed by atoms with van der Waals surface area (Å²) in [6, 6.07) is 6.31. The highest BCUT2D eigenvalue weighted by molar-refractivity contribution is 6.40. The molecule has 104 valence electrons. The molecule has 0 heterocycles. The Bertz CT molecular complexity index is 586. The van der Waals surface area contributed by atoms with E-state index in [1.165, 1.54) is 25.0 Å². The minimum absolute atomic E-state index is 0.122. The quantitative estimate of drug-likeness (QED) is 0.829. The monoisotopic (exact) mass is 272 g/mol. The van der Waals surface area contributed by atoms with Crippen molar-refractivity contribution in [1.29, 1.82) is 0 Å². The number of hydrogen-bond acceptors (Lipinski definition) is 4. The molecule has 2 fully saturated rings. The summed E-state index contributed by atoms with van der Waals surface area (Å²) < 4.78 is 0. The first-order valence-electron chi connectivity index (χ1n) is 6.77. The number of carboxylic acid groups (broad SMARTS) is 1. The Morgan fingerprint density at radius 3 is 2.50 bits per heavy atom. The van der Waals surface area contributed by atoms with Crippen molar-refractivity contribution in [2.75, 3.05) is 5.43 Å². The predicted octanol–water partition coefficient (Wildman–Crippen LogP) is 2.69. The summed E-state index contributed by atoms with van der Waals surface area (Å²) in [5.41, 5.74) is 4.74. The Morgan fingerprint density at radius 2 is 1.90 bits per heavy atom. The number of benzene rings is 1. The normalized spacial score (nSPS) is 22.0. The van der Waals surface area contributed by atoms with Crippen LogP contribution in [0.5, 0.6) is 0 Å². The fraction of sp³-hybridized carbons (Fsp3) is 0.400. The number of Topliss-reactive ketones (excluding diaryl/α,β-unsaturated/α-hetero) is 1. The molecule has 1 aromatic carbocycles. The summed E-state index contributed by atoms with van der Waals surface area (Å²) in [6.45, 7) is 0. The number of hydrogen-bond donors (Lipinski definition) is 2. The summed E-state index contributed by atoms with van der Waals surface area (Å²) in [7, 11) is 0. The maximum atomic E-state index is 11.8. The average molecular weight is 272 g/mol. The third kappa shape index (κ3) is 2.57. The number of nitrogens with one attached hydrogen (secondary N) is 1. The van der Waals surface area contributed by atoms with Crippen molar-refractivity contribution in [2.24, 2.45) is 10.5 Å². The second-order valence-corrected chi connectivity index (χ2v) is 5.65. The molecule has 0 aliphatic heterocycles. The molecule has 1 aromatic rings. The molecule has 20 heavy (non-hydrogen) atoms. The van der Waals surface area contributed by atoms with Gasteiger partial charge in [-0.25, -0.2) is 4.79 Å². The van der Waals surface area contributed by atoms with E-state index in [2.05, 4.69) is 10.5 Å². The summed E-state index contributed by atoms with van der Waals surface area (Å²) in [5, 5.41) is 13.0. The molecule has 2 N–H and O–H groups in total. The van der Waals surface area contributed by atoms with Gasteiger partial charge in [0, 0.05) is 12.8 Å². The SMILES string of the molecule is O=C1CCC2(CC2)C/C1=N\Nc1ccc(C(=O)O)cc1. The van der Waals surface area contributed by atoms with Crippen LogP contribution in [0.3, 0.4) is 0 Å². The highest BCUT2D eigenvalue weighted by Gasteiger charge is 2.47. The number of anilines is 1. The van der Waals surface area contributed by atoms with Crippen molar-refractivity contribution in [1.82, 2.24) is 0 Å². The molecular formula is C15H16N2O3. The molecule has 0 saturated heterocycles. The Kier molecular flexibility index (Phi) is 3.04. The summed E-state index contributed by atoms with van der Waals surface area (Å²) in [4.78, 5) is 22.6. The third-order valence-corrected chi connectivity index (χ3v) is 4.16. The summed E-state index contributed by atoms with van der Waals surface area (Å²) in [5.74, 6) is -0.835. The smallest absolute Gasteiger partial charge is 0.335 e. The third-order valence-electron chi connectivity index (χ3n) is 4.16. The van der Waals surface area contributed by atoms with E-state index in [1.807, 2.05) is 0 Å². The number of nitrogens with zero attached hydrogens (tertiary/aromatic N) is 1. The molecule has 0 aromatic heterocycles. The number of carboxylic acids is 1. The summed E-state index contributed by atoms with van der Waals surface area (Å²) in [6.07, 6.45) is 4.77. The van der Waals surface area contributed by atoms with E-state index in [0.717, 1.165) is 12.8 Å². The van der Waals surface area contributed by atoms with E-state index >= 15 is 0 Å². The van der Waals surface area contributed by atoms with Crippen LogP contribution in [0, 0.1) is 5.41 Å². The molecule has 0 unspecified atom stereocenters. The lowest BCUT2D eigenvalue weighted by Gasteiger charge is -2.21. The van der Waals surface area contributed by atoms with Crippen LogP contribution in [0.2, 0.25) is 0 Å². The van der Waals surface area contributed by atoms with Gasteiger partial charge in [-0.05, 0) is 48.9 Å². The minimum atomic E-state index is -0.957. The van der Waals surface area contributed by atoms with Crippen LogP contribution in [0.15, 0.2) is 29.4 Å². The molecule has 2 aliphatic rings. The predicted molar refractivity (Wildman–Crippen MR) is 75.0 cm³/mol. The maximum absolute atomic E-state index is 11.8. The first-order valence-corrected chi connectivity index (χ1v) is 6.77. The Morgan fingerprint density at radius 1 is 1.20 bits per heavy atom. The van der Waals surface area contributed by atoms with E-state index in [9.17, 15) is 9.59 Å². The van der Waals surface area contributed by atoms with Crippen molar-refractivity contribution in [3.63, 3.8) is 0 Å². The van der Waals surface area contributed by atoms with Crippen molar-refractivity contribution in [3.05, 3.63) is 29.8 Å². The van der Waals surface area contributed by atoms with Crippen LogP contribution in [0.4, 0.5) is 5.69 Å². The fourth-order valence-electron chi connectivity index (χ4n) is 2.59. The Labute approximate surface area is 116 Å². The molecule has 0 atom stereocenters. The topological polar surface area (TPSA) is 78.8 Å². The highest BCUT2D eigenvalue weighted by atomic mass is 16.4. The van der Waals surface area contributed by atoms with Crippen molar-refractivity contribution in [3.8, 4) is 0 Å². The van der Waals surface area contributed by atoms with E-state index in [0.29, 0.717) is 23.2 Å². The molecule has 5 heteroatoms. The molecule has 2 aliphatic carbocycles. The molecule has 0 amide bonds. The molecule has 2 saturated carbocycles. The molecule has 5 nitrogen and oxygen atoms in total. The van der Waals surface area contributed by atoms with E-state index < -0.39 is 5.97 Å². The van der Waals surface area contributed by atoms with Crippen LogP contribution >= 0.6 is 0 Å². The van der Waals surface area contributed by atoms with Gasteiger partial charge in [-0.1, -0.05) is 0 Å². The van der Waals surface area contributed by atoms with Gasteiger partial charge < -0.3 is 5.11 Å². The van der Waals surface area contributed by atoms with Gasteiger partial charge in [0.2, 0.25) is 0 Å². The van der Waals surface area contributed by atoms with E-state index in [-0.39, 0.29) is 11.3 Å². The number of rotatable bonds is 3. The second kappa shape index (κ2) is 4.74. The lowest BCUT2D eigenvalue weighted by molar-refractivity contribution is -0.114. The van der Waals surface area contributed by atoms with Gasteiger partial charge >= 0.3 is 5.97 Å². The van der Waals surface area contributed by atoms with Gasteiger partial charge in [0.1, 0.15) is 5.71 Å². The molecular weight excluding hydrogens is 256 g/mol. The van der Waals surface area contributed by atoms with E-state index in [4.69, 9.17) is 5.11 Å². The van der Waals surface area contributed by atoms with Crippen molar-refractivity contribution < 1.29 is 14.7 Å². The second-order valence-electron chi connectivity index (χ2n) is 5.65. The number of carbonyl (C=O) groups excluding carboxylic acids is 1. The lowest BCUT2D eigenvalue weighted by Crippen LogP contribution is -2.26. The molecule has 3 rings (SSSR count). The van der Waals surface area contributed by atoms with Crippen molar-refractivity contribution in [2.45, 2.75) is 32.1 Å². The Hall–Kier alpha value is -2.17. The van der Waals surface area contributed by atoms with Crippen LogP contribution in [-0.2, 0) is 4.79 Å². The number of ketones is 1. The van der Waals surface area contributed by atoms with Gasteiger partial charge in [-0.15, -0.1) is 0 Å². The van der Waals surface area contributed by atoms with Crippen LogP contribution in [0.25, 0.3) is 0 Å². The first kappa shape index (κ1) is 12.8. The fourth-order valence-corrected chi connectivity index (χ4v) is 2.59. The molecule has 0 radical (unpaired) electrons. The van der Waals surface area contributed by atoms with Crippen LogP contribution in [0.1, 0.15) is 42.5 Å². The number of carbonyl (C=O) groups is 2. The standard InChI is InChI=1S/C15H16N2O3/c18-13-5-6-15(7-8-15)9-12(13)17-16-11-3-1-10(2-4-11)14(19)20/h1-4,16H,5-9H2,(H,19,20)/b17-12+. The molecule has 0 bridgehead atoms. The van der Waals surface area contributed by atoms with Gasteiger partial charge in [0.25, 0.3) is 0 Å².